The molecule has 20 heavy (non-hydrogen) atoms. The monoisotopic (exact) mass is 283 g/mol. The molecule has 2 aromatic carbocycles. The molecule has 100 valence electrons. The number of rotatable bonds is 4. The Kier molecular flexibility index (Phi) is 3.60. The lowest BCUT2D eigenvalue weighted by Gasteiger charge is -2.00. The summed E-state index contributed by atoms with van der Waals surface area (Å²) in [6.45, 7) is 0.326. The molecule has 0 fully saturated rings. The molecular weight excluding hydrogens is 270 g/mol. The molecule has 0 aliphatic rings. The summed E-state index contributed by atoms with van der Waals surface area (Å²) in [5.41, 5.74) is 7.67. The summed E-state index contributed by atoms with van der Waals surface area (Å²) in [6.07, 6.45) is 0. The van der Waals surface area contributed by atoms with Gasteiger partial charge in [-0.1, -0.05) is 47.6 Å². The lowest BCUT2D eigenvalue weighted by Crippen LogP contribution is -2.13. The van der Waals surface area contributed by atoms with Crippen molar-refractivity contribution in [3.8, 4) is 0 Å². The molecule has 5 heteroatoms. The largest absolute Gasteiger partial charge is 0.387 e. The zero-order chi connectivity index (χ0) is 13.8. The van der Waals surface area contributed by atoms with Crippen LogP contribution < -0.4 is 5.73 Å². The molecule has 0 spiro atoms. The maximum Gasteiger partial charge on any atom is 0.170 e. The number of aromatic nitrogens is 1. The molecule has 2 N–H and O–H groups in total. The lowest BCUT2D eigenvalue weighted by molar-refractivity contribution is 0.130. The van der Waals surface area contributed by atoms with Gasteiger partial charge in [-0.2, -0.15) is 0 Å². The topological polar surface area (TPSA) is 60.5 Å². The number of oxime groups is 1. The van der Waals surface area contributed by atoms with Gasteiger partial charge in [-0.25, -0.2) is 4.98 Å². The van der Waals surface area contributed by atoms with Crippen LogP contribution in [0.2, 0.25) is 0 Å². The average molecular weight is 283 g/mol. The first-order chi connectivity index (χ1) is 9.83. The van der Waals surface area contributed by atoms with E-state index in [4.69, 9.17) is 10.6 Å². The second-order valence-electron chi connectivity index (χ2n) is 4.19. The van der Waals surface area contributed by atoms with Crippen LogP contribution in [0.25, 0.3) is 10.2 Å². The van der Waals surface area contributed by atoms with Crippen molar-refractivity contribution >= 4 is 27.4 Å². The third-order valence-corrected chi connectivity index (χ3v) is 3.77. The lowest BCUT2D eigenvalue weighted by atomic mass is 10.2. The Morgan fingerprint density at radius 1 is 1.10 bits per heavy atom. The zero-order valence-electron chi connectivity index (χ0n) is 10.7. The highest BCUT2D eigenvalue weighted by molar-refractivity contribution is 7.18. The van der Waals surface area contributed by atoms with E-state index in [-0.39, 0.29) is 0 Å². The van der Waals surface area contributed by atoms with Gasteiger partial charge in [0.2, 0.25) is 0 Å². The first-order valence-corrected chi connectivity index (χ1v) is 7.00. The Bertz CT molecular complexity index is 704. The maximum atomic E-state index is 5.84. The van der Waals surface area contributed by atoms with Gasteiger partial charge in [0, 0.05) is 5.56 Å². The first-order valence-electron chi connectivity index (χ1n) is 6.18. The van der Waals surface area contributed by atoms with Crippen molar-refractivity contribution in [2.24, 2.45) is 10.9 Å². The SMILES string of the molecule is N/C(=N/OCc1nc2ccccc2s1)c1ccccc1. The quantitative estimate of drug-likeness (QED) is 0.454. The van der Waals surface area contributed by atoms with Gasteiger partial charge >= 0.3 is 0 Å². The van der Waals surface area contributed by atoms with E-state index in [0.717, 1.165) is 20.8 Å². The minimum Gasteiger partial charge on any atom is -0.387 e. The van der Waals surface area contributed by atoms with E-state index >= 15 is 0 Å². The van der Waals surface area contributed by atoms with Gasteiger partial charge in [0.1, 0.15) is 5.01 Å². The smallest absolute Gasteiger partial charge is 0.170 e. The maximum absolute atomic E-state index is 5.84. The van der Waals surface area contributed by atoms with Crippen molar-refractivity contribution in [1.29, 1.82) is 0 Å². The molecule has 0 atom stereocenters. The number of hydrogen-bond acceptors (Lipinski definition) is 4. The van der Waals surface area contributed by atoms with Gasteiger partial charge in [0.05, 0.1) is 10.2 Å². The summed E-state index contributed by atoms with van der Waals surface area (Å²) in [5, 5.41) is 4.81. The summed E-state index contributed by atoms with van der Waals surface area (Å²) in [5.74, 6) is 0.367. The molecule has 3 rings (SSSR count). The number of hydrogen-bond donors (Lipinski definition) is 1. The minimum absolute atomic E-state index is 0.326. The van der Waals surface area contributed by atoms with Gasteiger partial charge in [0.25, 0.3) is 0 Å². The van der Waals surface area contributed by atoms with Gasteiger partial charge in [-0.05, 0) is 12.1 Å². The Labute approximate surface area is 120 Å². The van der Waals surface area contributed by atoms with E-state index in [1.807, 2.05) is 54.6 Å². The minimum atomic E-state index is 0.326. The van der Waals surface area contributed by atoms with Crippen molar-refractivity contribution in [1.82, 2.24) is 4.98 Å². The van der Waals surface area contributed by atoms with Crippen LogP contribution in [0, 0.1) is 0 Å². The van der Waals surface area contributed by atoms with Crippen molar-refractivity contribution in [2.45, 2.75) is 6.61 Å². The third kappa shape index (κ3) is 2.78. The van der Waals surface area contributed by atoms with Crippen LogP contribution in [0.3, 0.4) is 0 Å². The number of thiazole rings is 1. The summed E-state index contributed by atoms with van der Waals surface area (Å²) < 4.78 is 1.14. The number of nitrogens with two attached hydrogens (primary N) is 1. The summed E-state index contributed by atoms with van der Waals surface area (Å²) in [7, 11) is 0. The molecule has 0 aliphatic carbocycles. The Morgan fingerprint density at radius 2 is 1.85 bits per heavy atom. The van der Waals surface area contributed by atoms with Crippen LogP contribution in [0.5, 0.6) is 0 Å². The van der Waals surface area contributed by atoms with Gasteiger partial charge < -0.3 is 10.6 Å². The van der Waals surface area contributed by atoms with E-state index in [9.17, 15) is 0 Å². The number of benzene rings is 2. The van der Waals surface area contributed by atoms with E-state index in [1.165, 1.54) is 0 Å². The molecule has 0 bridgehead atoms. The fraction of sp³-hybridized carbons (Fsp3) is 0.0667. The summed E-state index contributed by atoms with van der Waals surface area (Å²) >= 11 is 1.60. The van der Waals surface area contributed by atoms with Crippen LogP contribution in [-0.4, -0.2) is 10.8 Å². The molecule has 0 unspecified atom stereocenters. The molecule has 0 aliphatic heterocycles. The van der Waals surface area contributed by atoms with Crippen molar-refractivity contribution in [3.63, 3.8) is 0 Å². The standard InChI is InChI=1S/C15H13N3OS/c16-15(11-6-2-1-3-7-11)18-19-10-14-17-12-8-4-5-9-13(12)20-14/h1-9H,10H2,(H2,16,18). The molecule has 0 amide bonds. The zero-order valence-corrected chi connectivity index (χ0v) is 11.5. The highest BCUT2D eigenvalue weighted by Gasteiger charge is 2.03. The average Bonchev–Trinajstić information content (AvgIpc) is 2.90. The third-order valence-electron chi connectivity index (χ3n) is 2.76. The molecule has 4 nitrogen and oxygen atoms in total. The summed E-state index contributed by atoms with van der Waals surface area (Å²) in [4.78, 5) is 9.74. The molecule has 0 saturated carbocycles. The van der Waals surface area contributed by atoms with Crippen LogP contribution in [0.1, 0.15) is 10.6 Å². The molecular formula is C15H13N3OS. The Hall–Kier alpha value is -2.40. The van der Waals surface area contributed by atoms with Crippen molar-refractivity contribution in [2.75, 3.05) is 0 Å². The Balaban J connectivity index is 1.67. The molecule has 3 aromatic rings. The number of nitrogens with zero attached hydrogens (tertiary/aromatic N) is 2. The number of amidine groups is 1. The highest BCUT2D eigenvalue weighted by atomic mass is 32.1. The summed E-state index contributed by atoms with van der Waals surface area (Å²) in [6, 6.07) is 17.5. The fourth-order valence-electron chi connectivity index (χ4n) is 1.80. The van der Waals surface area contributed by atoms with Crippen molar-refractivity contribution in [3.05, 3.63) is 65.2 Å². The first kappa shape index (κ1) is 12.6. The normalized spacial score (nSPS) is 11.7. The second-order valence-corrected chi connectivity index (χ2v) is 5.31. The van der Waals surface area contributed by atoms with Crippen LogP contribution in [0.15, 0.2) is 59.8 Å². The van der Waals surface area contributed by atoms with Gasteiger partial charge in [-0.15, -0.1) is 11.3 Å². The molecule has 1 heterocycles. The fourth-order valence-corrected chi connectivity index (χ4v) is 2.67. The van der Waals surface area contributed by atoms with Crippen LogP contribution in [0.4, 0.5) is 0 Å². The van der Waals surface area contributed by atoms with Crippen molar-refractivity contribution < 1.29 is 4.84 Å². The molecule has 0 radical (unpaired) electrons. The molecule has 1 aromatic heterocycles. The van der Waals surface area contributed by atoms with E-state index in [0.29, 0.717) is 12.4 Å². The Morgan fingerprint density at radius 3 is 2.65 bits per heavy atom. The van der Waals surface area contributed by atoms with Gasteiger partial charge in [0.15, 0.2) is 12.4 Å². The van der Waals surface area contributed by atoms with Crippen LogP contribution >= 0.6 is 11.3 Å². The highest BCUT2D eigenvalue weighted by Crippen LogP contribution is 2.21. The van der Waals surface area contributed by atoms with Crippen LogP contribution in [-0.2, 0) is 11.4 Å². The predicted octanol–water partition coefficient (Wildman–Crippen LogP) is 3.13. The second kappa shape index (κ2) is 5.71. The van der Waals surface area contributed by atoms with E-state index < -0.39 is 0 Å². The van der Waals surface area contributed by atoms with E-state index in [1.54, 1.807) is 11.3 Å². The predicted molar refractivity (Wildman–Crippen MR) is 81.6 cm³/mol. The van der Waals surface area contributed by atoms with Gasteiger partial charge in [-0.3, -0.25) is 0 Å². The van der Waals surface area contributed by atoms with E-state index in [2.05, 4.69) is 10.1 Å². The number of fused-ring (bicyclic) bond motifs is 1. The number of para-hydroxylation sites is 1. The molecule has 0 saturated heterocycles.